The number of amides is 2. The maximum Gasteiger partial charge on any atom is 0.494 e. The molecule has 28 heavy (non-hydrogen) atoms. The summed E-state index contributed by atoms with van der Waals surface area (Å²) in [6.45, 7) is 12.2. The topological polar surface area (TPSA) is 65.1 Å². The fraction of sp³-hybridized carbons (Fsp3) is 0.619. The van der Waals surface area contributed by atoms with Crippen LogP contribution in [0.15, 0.2) is 24.3 Å². The number of cyclic esters (lactones) is 1. The number of rotatable bonds is 5. The molecule has 1 aromatic carbocycles. The zero-order valence-corrected chi connectivity index (χ0v) is 17.7. The fourth-order valence-electron chi connectivity index (χ4n) is 3.58. The third-order valence-corrected chi connectivity index (χ3v) is 6.06. The zero-order chi connectivity index (χ0) is 20.7. The second kappa shape index (κ2) is 7.52. The van der Waals surface area contributed by atoms with Crippen LogP contribution in [-0.2, 0) is 18.8 Å². The van der Waals surface area contributed by atoms with Crippen molar-refractivity contribution >= 4 is 24.6 Å². The van der Waals surface area contributed by atoms with E-state index in [2.05, 4.69) is 0 Å². The van der Waals surface area contributed by atoms with Gasteiger partial charge in [0.15, 0.2) is 0 Å². The second-order valence-electron chi connectivity index (χ2n) is 8.73. The third kappa shape index (κ3) is 3.70. The van der Waals surface area contributed by atoms with Crippen LogP contribution in [0, 0.1) is 0 Å². The van der Waals surface area contributed by atoms with Gasteiger partial charge in [-0.05, 0) is 52.1 Å². The Balaban J connectivity index is 1.80. The van der Waals surface area contributed by atoms with Crippen molar-refractivity contribution in [2.75, 3.05) is 6.61 Å². The lowest BCUT2D eigenvalue weighted by molar-refractivity contribution is -0.130. The largest absolute Gasteiger partial charge is 0.494 e. The molecular weight excluding hydrogens is 357 g/mol. The number of carbonyl (C=O) groups is 2. The van der Waals surface area contributed by atoms with E-state index in [1.807, 2.05) is 65.8 Å². The molecule has 2 fully saturated rings. The van der Waals surface area contributed by atoms with Crippen LogP contribution < -0.4 is 5.46 Å². The zero-order valence-electron chi connectivity index (χ0n) is 17.7. The molecule has 0 saturated carbocycles. The highest BCUT2D eigenvalue weighted by Gasteiger charge is 2.51. The summed E-state index contributed by atoms with van der Waals surface area (Å²) in [5.74, 6) is -0.564. The van der Waals surface area contributed by atoms with Gasteiger partial charge in [-0.2, -0.15) is 0 Å². The van der Waals surface area contributed by atoms with Crippen molar-refractivity contribution in [1.82, 2.24) is 4.90 Å². The third-order valence-electron chi connectivity index (χ3n) is 6.06. The van der Waals surface area contributed by atoms with Crippen LogP contribution in [0.2, 0.25) is 0 Å². The van der Waals surface area contributed by atoms with Crippen molar-refractivity contribution in [2.45, 2.75) is 77.5 Å². The van der Waals surface area contributed by atoms with E-state index in [0.29, 0.717) is 6.42 Å². The molecule has 0 aliphatic carbocycles. The molecule has 2 atom stereocenters. The van der Waals surface area contributed by atoms with Crippen LogP contribution in [0.5, 0.6) is 0 Å². The molecule has 7 heteroatoms. The Kier molecular flexibility index (Phi) is 5.61. The number of ether oxygens (including phenoxy) is 1. The molecule has 3 rings (SSSR count). The quantitative estimate of drug-likeness (QED) is 0.726. The fourth-order valence-corrected chi connectivity index (χ4v) is 3.58. The van der Waals surface area contributed by atoms with E-state index in [4.69, 9.17) is 14.0 Å². The lowest BCUT2D eigenvalue weighted by Crippen LogP contribution is -2.41. The molecule has 0 bridgehead atoms. The van der Waals surface area contributed by atoms with E-state index in [1.165, 1.54) is 4.90 Å². The first-order chi connectivity index (χ1) is 13.1. The van der Waals surface area contributed by atoms with Crippen LogP contribution in [0.4, 0.5) is 4.79 Å². The molecule has 0 spiro atoms. The van der Waals surface area contributed by atoms with Gasteiger partial charge in [-0.25, -0.2) is 9.69 Å². The Labute approximate surface area is 167 Å². The van der Waals surface area contributed by atoms with Gasteiger partial charge in [0.05, 0.1) is 23.2 Å². The minimum absolute atomic E-state index is 0.194. The van der Waals surface area contributed by atoms with Gasteiger partial charge >= 0.3 is 13.2 Å². The summed E-state index contributed by atoms with van der Waals surface area (Å²) in [7, 11) is -0.437. The van der Waals surface area contributed by atoms with E-state index >= 15 is 0 Å². The van der Waals surface area contributed by atoms with Gasteiger partial charge in [0.2, 0.25) is 5.91 Å². The van der Waals surface area contributed by atoms with Gasteiger partial charge in [0.25, 0.3) is 0 Å². The first-order valence-corrected chi connectivity index (χ1v) is 10.0. The van der Waals surface area contributed by atoms with Crippen LogP contribution >= 0.6 is 0 Å². The molecule has 2 aliphatic rings. The number of nitrogens with zero attached hydrogens (tertiary/aromatic N) is 1. The van der Waals surface area contributed by atoms with Gasteiger partial charge in [-0.15, -0.1) is 0 Å². The Morgan fingerprint density at radius 1 is 1.18 bits per heavy atom. The van der Waals surface area contributed by atoms with Crippen molar-refractivity contribution in [1.29, 1.82) is 0 Å². The van der Waals surface area contributed by atoms with Gasteiger partial charge in [0.1, 0.15) is 6.61 Å². The number of carbonyl (C=O) groups excluding carboxylic acids is 2. The minimum atomic E-state index is -0.549. The summed E-state index contributed by atoms with van der Waals surface area (Å²) in [5, 5.41) is 0. The van der Waals surface area contributed by atoms with E-state index in [0.717, 1.165) is 17.4 Å². The molecule has 2 aliphatic heterocycles. The van der Waals surface area contributed by atoms with E-state index < -0.39 is 24.4 Å². The standard InChI is InChI=1S/C21H30BNO5/c1-7-8-17(18(24)23-14(2)13-26-19(23)25)15-9-11-16(12-10-15)22-27-20(3,4)21(5,6)28-22/h9-12,14,17H,7-8,13H2,1-6H3/t14-,17?/m1/s1. The lowest BCUT2D eigenvalue weighted by Gasteiger charge is -2.32. The predicted molar refractivity (Wildman–Crippen MR) is 107 cm³/mol. The molecule has 0 radical (unpaired) electrons. The SMILES string of the molecule is CCCC(C(=O)N1C(=O)OC[C@H]1C)c1ccc(B2OC(C)(C)C(C)(C)O2)cc1. The summed E-state index contributed by atoms with van der Waals surface area (Å²) in [5.41, 5.74) is 1.00. The summed E-state index contributed by atoms with van der Waals surface area (Å²) < 4.78 is 17.2. The highest BCUT2D eigenvalue weighted by Crippen LogP contribution is 2.36. The molecule has 152 valence electrons. The second-order valence-corrected chi connectivity index (χ2v) is 8.73. The highest BCUT2D eigenvalue weighted by molar-refractivity contribution is 6.62. The first kappa shape index (κ1) is 20.9. The van der Waals surface area contributed by atoms with Crippen LogP contribution in [0.1, 0.15) is 65.9 Å². The number of benzene rings is 1. The molecule has 2 heterocycles. The molecule has 1 aromatic rings. The number of imide groups is 1. The molecule has 2 saturated heterocycles. The number of hydrogen-bond donors (Lipinski definition) is 0. The summed E-state index contributed by atoms with van der Waals surface area (Å²) in [6, 6.07) is 7.52. The number of hydrogen-bond acceptors (Lipinski definition) is 5. The van der Waals surface area contributed by atoms with Crippen molar-refractivity contribution in [2.24, 2.45) is 0 Å². The predicted octanol–water partition coefficient (Wildman–Crippen LogP) is 3.24. The van der Waals surface area contributed by atoms with Gasteiger partial charge < -0.3 is 14.0 Å². The first-order valence-electron chi connectivity index (χ1n) is 10.0. The van der Waals surface area contributed by atoms with Gasteiger partial charge in [-0.1, -0.05) is 37.6 Å². The summed E-state index contributed by atoms with van der Waals surface area (Å²) in [6.07, 6.45) is 0.963. The van der Waals surface area contributed by atoms with Crippen molar-refractivity contribution in [3.8, 4) is 0 Å². The Bertz CT molecular complexity index is 730. The average Bonchev–Trinajstić information content (AvgIpc) is 3.07. The molecule has 0 aromatic heterocycles. The van der Waals surface area contributed by atoms with Gasteiger partial charge in [0, 0.05) is 0 Å². The van der Waals surface area contributed by atoms with E-state index in [9.17, 15) is 9.59 Å². The lowest BCUT2D eigenvalue weighted by atomic mass is 9.78. The average molecular weight is 387 g/mol. The molecule has 1 unspecified atom stereocenters. The van der Waals surface area contributed by atoms with Crippen molar-refractivity contribution in [3.05, 3.63) is 29.8 Å². The maximum atomic E-state index is 13.0. The van der Waals surface area contributed by atoms with Crippen molar-refractivity contribution in [3.63, 3.8) is 0 Å². The normalized spacial score (nSPS) is 24.4. The Morgan fingerprint density at radius 2 is 1.75 bits per heavy atom. The monoisotopic (exact) mass is 387 g/mol. The van der Waals surface area contributed by atoms with E-state index in [1.54, 1.807) is 0 Å². The maximum absolute atomic E-state index is 13.0. The Hall–Kier alpha value is -1.86. The molecular formula is C21H30BNO5. The Morgan fingerprint density at radius 3 is 2.21 bits per heavy atom. The van der Waals surface area contributed by atoms with Gasteiger partial charge in [-0.3, -0.25) is 4.79 Å². The van der Waals surface area contributed by atoms with Crippen molar-refractivity contribution < 1.29 is 23.6 Å². The van der Waals surface area contributed by atoms with Crippen LogP contribution in [-0.4, -0.2) is 47.9 Å². The smallest absolute Gasteiger partial charge is 0.447 e. The van der Waals surface area contributed by atoms with Crippen LogP contribution in [0.3, 0.4) is 0 Å². The van der Waals surface area contributed by atoms with Crippen LogP contribution in [0.25, 0.3) is 0 Å². The molecule has 0 N–H and O–H groups in total. The summed E-state index contributed by atoms with van der Waals surface area (Å²) >= 11 is 0. The minimum Gasteiger partial charge on any atom is -0.447 e. The molecule has 6 nitrogen and oxygen atoms in total. The summed E-state index contributed by atoms with van der Waals surface area (Å²) in [4.78, 5) is 26.3. The van der Waals surface area contributed by atoms with E-state index in [-0.39, 0.29) is 24.5 Å². The molecule has 2 amide bonds. The highest BCUT2D eigenvalue weighted by atomic mass is 16.7.